The standard InChI is InChI=1S/C20H27N3O4/c1-5-17-16(13-21-23(17)20(2,3)4)19(26)22-14-8-10-15(11-9-14)27-12-6-7-18(24)25/h8-11,13H,5-7,12H2,1-4H3,(H,22,26)(H,24,25). The highest BCUT2D eigenvalue weighted by molar-refractivity contribution is 6.05. The van der Waals surface area contributed by atoms with Crippen molar-refractivity contribution in [3.8, 4) is 5.75 Å². The van der Waals surface area contributed by atoms with Crippen molar-refractivity contribution in [3.63, 3.8) is 0 Å². The lowest BCUT2D eigenvalue weighted by Gasteiger charge is -2.22. The summed E-state index contributed by atoms with van der Waals surface area (Å²) in [5, 5.41) is 15.9. The molecular weight excluding hydrogens is 346 g/mol. The summed E-state index contributed by atoms with van der Waals surface area (Å²) >= 11 is 0. The maximum Gasteiger partial charge on any atom is 0.303 e. The van der Waals surface area contributed by atoms with Gasteiger partial charge in [0.2, 0.25) is 0 Å². The zero-order chi connectivity index (χ0) is 20.0. The predicted octanol–water partition coefficient (Wildman–Crippen LogP) is 3.70. The second-order valence-corrected chi connectivity index (χ2v) is 7.27. The van der Waals surface area contributed by atoms with Crippen LogP contribution in [0.25, 0.3) is 0 Å². The van der Waals surface area contributed by atoms with Crippen molar-refractivity contribution in [2.24, 2.45) is 0 Å². The van der Waals surface area contributed by atoms with E-state index in [-0.39, 0.29) is 17.9 Å². The Morgan fingerprint density at radius 1 is 1.22 bits per heavy atom. The van der Waals surface area contributed by atoms with Crippen molar-refractivity contribution in [1.82, 2.24) is 9.78 Å². The Morgan fingerprint density at radius 2 is 1.89 bits per heavy atom. The molecule has 2 N–H and O–H groups in total. The van der Waals surface area contributed by atoms with Crippen LogP contribution in [0.15, 0.2) is 30.5 Å². The number of hydrogen-bond acceptors (Lipinski definition) is 4. The lowest BCUT2D eigenvalue weighted by molar-refractivity contribution is -0.137. The molecule has 7 heteroatoms. The number of carbonyl (C=O) groups excluding carboxylic acids is 1. The third-order valence-corrected chi connectivity index (χ3v) is 4.00. The topological polar surface area (TPSA) is 93.4 Å². The van der Waals surface area contributed by atoms with Crippen LogP contribution >= 0.6 is 0 Å². The van der Waals surface area contributed by atoms with Gasteiger partial charge in [0.1, 0.15) is 5.75 Å². The number of rotatable bonds is 8. The minimum atomic E-state index is -0.835. The van der Waals surface area contributed by atoms with E-state index < -0.39 is 5.97 Å². The van der Waals surface area contributed by atoms with Gasteiger partial charge in [-0.05, 0) is 57.9 Å². The number of aromatic nitrogens is 2. The van der Waals surface area contributed by atoms with Crippen LogP contribution in [0.4, 0.5) is 5.69 Å². The molecule has 0 saturated heterocycles. The van der Waals surface area contributed by atoms with Gasteiger partial charge in [0, 0.05) is 12.1 Å². The molecular formula is C20H27N3O4. The fourth-order valence-electron chi connectivity index (χ4n) is 2.73. The van der Waals surface area contributed by atoms with Gasteiger partial charge in [0.25, 0.3) is 5.91 Å². The van der Waals surface area contributed by atoms with Gasteiger partial charge in [-0.15, -0.1) is 0 Å². The third-order valence-electron chi connectivity index (χ3n) is 4.00. The first kappa shape index (κ1) is 20.5. The van der Waals surface area contributed by atoms with Gasteiger partial charge in [-0.1, -0.05) is 6.92 Å². The zero-order valence-corrected chi connectivity index (χ0v) is 16.3. The molecule has 2 rings (SSSR count). The van der Waals surface area contributed by atoms with Crippen molar-refractivity contribution < 1.29 is 19.4 Å². The zero-order valence-electron chi connectivity index (χ0n) is 16.3. The van der Waals surface area contributed by atoms with E-state index in [4.69, 9.17) is 9.84 Å². The molecule has 146 valence electrons. The van der Waals surface area contributed by atoms with Crippen molar-refractivity contribution in [1.29, 1.82) is 0 Å². The number of nitrogens with one attached hydrogen (secondary N) is 1. The van der Waals surface area contributed by atoms with E-state index in [0.717, 1.165) is 5.69 Å². The summed E-state index contributed by atoms with van der Waals surface area (Å²) < 4.78 is 7.37. The van der Waals surface area contributed by atoms with Crippen molar-refractivity contribution in [2.45, 2.75) is 52.5 Å². The molecule has 0 unspecified atom stereocenters. The van der Waals surface area contributed by atoms with Gasteiger partial charge >= 0.3 is 5.97 Å². The van der Waals surface area contributed by atoms with Gasteiger partial charge in [-0.3, -0.25) is 14.3 Å². The van der Waals surface area contributed by atoms with Crippen LogP contribution in [0.1, 0.15) is 56.6 Å². The van der Waals surface area contributed by atoms with Crippen LogP contribution in [0, 0.1) is 0 Å². The third kappa shape index (κ3) is 5.57. The number of nitrogens with zero attached hydrogens (tertiary/aromatic N) is 2. The monoisotopic (exact) mass is 373 g/mol. The van der Waals surface area contributed by atoms with E-state index in [0.29, 0.717) is 36.4 Å². The van der Waals surface area contributed by atoms with Crippen LogP contribution < -0.4 is 10.1 Å². The molecule has 1 aromatic heterocycles. The van der Waals surface area contributed by atoms with Gasteiger partial charge in [0.05, 0.1) is 29.6 Å². The molecule has 1 amide bonds. The number of hydrogen-bond donors (Lipinski definition) is 2. The number of amides is 1. The van der Waals surface area contributed by atoms with E-state index in [9.17, 15) is 9.59 Å². The molecule has 0 saturated carbocycles. The van der Waals surface area contributed by atoms with Gasteiger partial charge in [-0.25, -0.2) is 0 Å². The lowest BCUT2D eigenvalue weighted by atomic mass is 10.1. The van der Waals surface area contributed by atoms with Gasteiger partial charge in [-0.2, -0.15) is 5.10 Å². The molecule has 0 fully saturated rings. The molecule has 0 bridgehead atoms. The van der Waals surface area contributed by atoms with Gasteiger partial charge < -0.3 is 15.2 Å². The lowest BCUT2D eigenvalue weighted by Crippen LogP contribution is -2.26. The van der Waals surface area contributed by atoms with E-state index in [1.165, 1.54) is 0 Å². The molecule has 0 atom stereocenters. The molecule has 0 radical (unpaired) electrons. The number of carbonyl (C=O) groups is 2. The first-order valence-corrected chi connectivity index (χ1v) is 9.05. The molecule has 0 aliphatic rings. The Kier molecular flexibility index (Phi) is 6.60. The van der Waals surface area contributed by atoms with Crippen molar-refractivity contribution in [2.75, 3.05) is 11.9 Å². The summed E-state index contributed by atoms with van der Waals surface area (Å²) in [6, 6.07) is 7.00. The first-order chi connectivity index (χ1) is 12.7. The number of benzene rings is 1. The van der Waals surface area contributed by atoms with E-state index in [1.54, 1.807) is 30.5 Å². The van der Waals surface area contributed by atoms with Crippen molar-refractivity contribution >= 4 is 17.6 Å². The second-order valence-electron chi connectivity index (χ2n) is 7.27. The smallest absolute Gasteiger partial charge is 0.303 e. The Morgan fingerprint density at radius 3 is 2.44 bits per heavy atom. The summed E-state index contributed by atoms with van der Waals surface area (Å²) in [7, 11) is 0. The van der Waals surface area contributed by atoms with Crippen molar-refractivity contribution in [3.05, 3.63) is 41.7 Å². The van der Waals surface area contributed by atoms with Crippen LogP contribution in [0.5, 0.6) is 5.75 Å². The van der Waals surface area contributed by atoms with Crippen LogP contribution in [0.3, 0.4) is 0 Å². The quantitative estimate of drug-likeness (QED) is 0.688. The van der Waals surface area contributed by atoms with E-state index >= 15 is 0 Å². The summed E-state index contributed by atoms with van der Waals surface area (Å²) in [5.41, 5.74) is 1.94. The number of anilines is 1. The Bertz CT molecular complexity index is 789. The normalized spacial score (nSPS) is 11.3. The minimum Gasteiger partial charge on any atom is -0.494 e. The predicted molar refractivity (Wildman–Crippen MR) is 103 cm³/mol. The average Bonchev–Trinajstić information content (AvgIpc) is 3.04. The molecule has 2 aromatic rings. The molecule has 7 nitrogen and oxygen atoms in total. The first-order valence-electron chi connectivity index (χ1n) is 9.05. The Hall–Kier alpha value is -2.83. The average molecular weight is 373 g/mol. The molecule has 1 aromatic carbocycles. The molecule has 27 heavy (non-hydrogen) atoms. The highest BCUT2D eigenvalue weighted by atomic mass is 16.5. The Labute approximate surface area is 159 Å². The summed E-state index contributed by atoms with van der Waals surface area (Å²) in [6.45, 7) is 8.50. The number of aliphatic carboxylic acids is 1. The maximum absolute atomic E-state index is 12.6. The SMILES string of the molecule is CCc1c(C(=O)Nc2ccc(OCCCC(=O)O)cc2)cnn1C(C)(C)C. The fourth-order valence-corrected chi connectivity index (χ4v) is 2.73. The largest absolute Gasteiger partial charge is 0.494 e. The summed E-state index contributed by atoms with van der Waals surface area (Å²) in [5.74, 6) is -0.399. The van der Waals surface area contributed by atoms with Crippen LogP contribution in [-0.4, -0.2) is 33.4 Å². The number of carboxylic acid groups (broad SMARTS) is 1. The van der Waals surface area contributed by atoms with Crippen LogP contribution in [0.2, 0.25) is 0 Å². The highest BCUT2D eigenvalue weighted by Crippen LogP contribution is 2.21. The van der Waals surface area contributed by atoms with E-state index in [2.05, 4.69) is 31.2 Å². The number of carboxylic acids is 1. The van der Waals surface area contributed by atoms with Crippen LogP contribution in [-0.2, 0) is 16.8 Å². The second kappa shape index (κ2) is 8.70. The molecule has 0 spiro atoms. The molecule has 1 heterocycles. The molecule has 0 aliphatic heterocycles. The van der Waals surface area contributed by atoms with E-state index in [1.807, 2.05) is 11.6 Å². The summed E-state index contributed by atoms with van der Waals surface area (Å²) in [4.78, 5) is 23.1. The fraction of sp³-hybridized carbons (Fsp3) is 0.450. The summed E-state index contributed by atoms with van der Waals surface area (Å²) in [6.07, 6.45) is 2.85. The highest BCUT2D eigenvalue weighted by Gasteiger charge is 2.23. The Balaban J connectivity index is 2.00. The molecule has 0 aliphatic carbocycles. The number of ether oxygens (including phenoxy) is 1. The van der Waals surface area contributed by atoms with Gasteiger partial charge in [0.15, 0.2) is 0 Å². The maximum atomic E-state index is 12.6. The minimum absolute atomic E-state index is 0.0795.